The first-order chi connectivity index (χ1) is 15.6. The molecule has 32 heavy (non-hydrogen) atoms. The number of fused-ring (bicyclic) bond motifs is 1. The maximum Gasteiger partial charge on any atom is 0.319 e. The number of carbonyl (C=O) groups excluding carboxylic acids is 1. The number of likely N-dealkylation sites (N-methyl/N-ethyl adjacent to an activating group) is 1. The second kappa shape index (κ2) is 10.2. The highest BCUT2D eigenvalue weighted by Crippen LogP contribution is 2.40. The fraction of sp³-hybridized carbons (Fsp3) is 0.400. The number of anilines is 1. The van der Waals surface area contributed by atoms with Gasteiger partial charge in [0.05, 0.1) is 18.3 Å². The SMILES string of the molecule is CCOc1ccccc1NC(=O)N[C@@H](CC)c1c(-n2cccc2)sc2c1CCN(CC)C2. The summed E-state index contributed by atoms with van der Waals surface area (Å²) in [7, 11) is 0. The summed E-state index contributed by atoms with van der Waals surface area (Å²) in [6, 6.07) is 11.3. The number of aromatic nitrogens is 1. The van der Waals surface area contributed by atoms with Crippen molar-refractivity contribution < 1.29 is 9.53 Å². The minimum Gasteiger partial charge on any atom is -0.492 e. The Kier molecular flexibility index (Phi) is 7.17. The number of carbonyl (C=O) groups is 1. The number of rotatable bonds is 8. The van der Waals surface area contributed by atoms with Crippen molar-refractivity contribution >= 4 is 23.1 Å². The van der Waals surface area contributed by atoms with Crippen LogP contribution in [-0.2, 0) is 13.0 Å². The Labute approximate surface area is 194 Å². The number of hydrogen-bond donors (Lipinski definition) is 2. The zero-order valence-corrected chi connectivity index (χ0v) is 19.9. The zero-order valence-electron chi connectivity index (χ0n) is 19.1. The largest absolute Gasteiger partial charge is 0.492 e. The maximum absolute atomic E-state index is 13.0. The van der Waals surface area contributed by atoms with Gasteiger partial charge >= 0.3 is 6.03 Å². The minimum atomic E-state index is -0.214. The number of hydrogen-bond acceptors (Lipinski definition) is 4. The van der Waals surface area contributed by atoms with Crippen molar-refractivity contribution in [2.24, 2.45) is 0 Å². The molecule has 3 aromatic rings. The summed E-state index contributed by atoms with van der Waals surface area (Å²) in [5.41, 5.74) is 3.34. The summed E-state index contributed by atoms with van der Waals surface area (Å²) in [5.74, 6) is 0.679. The Balaban J connectivity index is 1.61. The Morgan fingerprint density at radius 2 is 1.94 bits per heavy atom. The molecule has 1 aliphatic rings. The minimum absolute atomic E-state index is 0.0696. The van der Waals surface area contributed by atoms with Gasteiger partial charge in [0.2, 0.25) is 0 Å². The third-order valence-corrected chi connectivity index (χ3v) is 7.19. The number of benzene rings is 1. The summed E-state index contributed by atoms with van der Waals surface area (Å²) >= 11 is 1.85. The van der Waals surface area contributed by atoms with Crippen LogP contribution in [0.15, 0.2) is 48.8 Å². The number of amides is 2. The lowest BCUT2D eigenvalue weighted by molar-refractivity contribution is 0.247. The van der Waals surface area contributed by atoms with Gasteiger partial charge in [0.15, 0.2) is 0 Å². The number of para-hydroxylation sites is 2. The van der Waals surface area contributed by atoms with Gasteiger partial charge < -0.3 is 19.9 Å². The van der Waals surface area contributed by atoms with Crippen LogP contribution in [0.1, 0.15) is 49.2 Å². The molecule has 7 heteroatoms. The molecule has 170 valence electrons. The first-order valence-electron chi connectivity index (χ1n) is 11.4. The summed E-state index contributed by atoms with van der Waals surface area (Å²) in [6.07, 6.45) is 6.01. The molecular formula is C25H32N4O2S. The van der Waals surface area contributed by atoms with E-state index in [9.17, 15) is 4.79 Å². The Bertz CT molecular complexity index is 1040. The van der Waals surface area contributed by atoms with Crippen LogP contribution in [0, 0.1) is 0 Å². The molecule has 2 N–H and O–H groups in total. The van der Waals surface area contributed by atoms with Crippen molar-refractivity contribution in [3.8, 4) is 10.8 Å². The first kappa shape index (κ1) is 22.4. The Hall–Kier alpha value is -2.77. The average molecular weight is 453 g/mol. The van der Waals surface area contributed by atoms with Crippen LogP contribution in [0.4, 0.5) is 10.5 Å². The molecule has 4 rings (SSSR count). The zero-order chi connectivity index (χ0) is 22.5. The molecule has 0 fully saturated rings. The van der Waals surface area contributed by atoms with Crippen molar-refractivity contribution in [2.45, 2.75) is 46.2 Å². The second-order valence-corrected chi connectivity index (χ2v) is 9.00. The van der Waals surface area contributed by atoms with E-state index in [1.165, 1.54) is 21.0 Å². The summed E-state index contributed by atoms with van der Waals surface area (Å²) in [5, 5.41) is 7.43. The van der Waals surface area contributed by atoms with Gasteiger partial charge in [0.1, 0.15) is 10.8 Å². The van der Waals surface area contributed by atoms with Gasteiger partial charge in [0, 0.05) is 35.9 Å². The molecule has 0 radical (unpaired) electrons. The Morgan fingerprint density at radius 3 is 2.66 bits per heavy atom. The summed E-state index contributed by atoms with van der Waals surface area (Å²) < 4.78 is 7.84. The van der Waals surface area contributed by atoms with E-state index < -0.39 is 0 Å². The van der Waals surface area contributed by atoms with Crippen LogP contribution in [0.2, 0.25) is 0 Å². The lowest BCUT2D eigenvalue weighted by Gasteiger charge is -2.27. The van der Waals surface area contributed by atoms with E-state index in [-0.39, 0.29) is 12.1 Å². The molecule has 1 aliphatic heterocycles. The number of nitrogens with one attached hydrogen (secondary N) is 2. The number of nitrogens with zero attached hydrogens (tertiary/aromatic N) is 2. The summed E-state index contributed by atoms with van der Waals surface area (Å²) in [4.78, 5) is 16.9. The molecule has 1 atom stereocenters. The molecule has 3 heterocycles. The van der Waals surface area contributed by atoms with E-state index in [1.807, 2.05) is 54.7 Å². The molecular weight excluding hydrogens is 420 g/mol. The number of thiophene rings is 1. The van der Waals surface area contributed by atoms with E-state index in [0.29, 0.717) is 18.0 Å². The van der Waals surface area contributed by atoms with Crippen LogP contribution >= 0.6 is 11.3 Å². The smallest absolute Gasteiger partial charge is 0.319 e. The predicted octanol–water partition coefficient (Wildman–Crippen LogP) is 5.59. The highest BCUT2D eigenvalue weighted by Gasteiger charge is 2.29. The van der Waals surface area contributed by atoms with Gasteiger partial charge in [0.25, 0.3) is 0 Å². The maximum atomic E-state index is 13.0. The van der Waals surface area contributed by atoms with Gasteiger partial charge in [-0.1, -0.05) is 26.0 Å². The van der Waals surface area contributed by atoms with E-state index >= 15 is 0 Å². The van der Waals surface area contributed by atoms with Gasteiger partial charge in [-0.15, -0.1) is 11.3 Å². The van der Waals surface area contributed by atoms with Gasteiger partial charge in [-0.25, -0.2) is 4.79 Å². The van der Waals surface area contributed by atoms with Gasteiger partial charge in [-0.3, -0.25) is 4.90 Å². The van der Waals surface area contributed by atoms with Crippen molar-refractivity contribution in [3.05, 3.63) is 64.8 Å². The standard InChI is InChI=1S/C25H32N4O2S/c1-4-19(26-25(30)27-20-11-7-8-12-21(20)31-6-3)23-18-13-16-28(5-2)17-22(18)32-24(23)29-14-9-10-15-29/h7-12,14-15,19H,4-6,13,16-17H2,1-3H3,(H2,26,27,30)/t19-/m0/s1. The average Bonchev–Trinajstić information content (AvgIpc) is 3.46. The van der Waals surface area contributed by atoms with Crippen molar-refractivity contribution in [3.63, 3.8) is 0 Å². The van der Waals surface area contributed by atoms with Crippen LogP contribution < -0.4 is 15.4 Å². The quantitative estimate of drug-likeness (QED) is 0.468. The van der Waals surface area contributed by atoms with E-state index in [1.54, 1.807) is 0 Å². The van der Waals surface area contributed by atoms with Crippen LogP contribution in [0.5, 0.6) is 5.75 Å². The number of urea groups is 1. The molecule has 1 aromatic carbocycles. The molecule has 0 spiro atoms. The molecule has 0 unspecified atom stereocenters. The number of ether oxygens (including phenoxy) is 1. The molecule has 0 bridgehead atoms. The highest BCUT2D eigenvalue weighted by molar-refractivity contribution is 7.15. The summed E-state index contributed by atoms with van der Waals surface area (Å²) in [6.45, 7) is 9.93. The monoisotopic (exact) mass is 452 g/mol. The topological polar surface area (TPSA) is 58.5 Å². The van der Waals surface area contributed by atoms with Crippen LogP contribution in [0.25, 0.3) is 5.00 Å². The normalized spacial score (nSPS) is 14.6. The third kappa shape index (κ3) is 4.69. The molecule has 2 aromatic heterocycles. The molecule has 0 saturated carbocycles. The molecule has 0 saturated heterocycles. The fourth-order valence-corrected chi connectivity index (χ4v) is 5.72. The second-order valence-electron chi connectivity index (χ2n) is 7.92. The third-order valence-electron chi connectivity index (χ3n) is 5.94. The van der Waals surface area contributed by atoms with E-state index in [2.05, 4.69) is 46.3 Å². The van der Waals surface area contributed by atoms with Gasteiger partial charge in [-0.05, 0) is 56.1 Å². The van der Waals surface area contributed by atoms with Crippen molar-refractivity contribution in [2.75, 3.05) is 25.0 Å². The van der Waals surface area contributed by atoms with Gasteiger partial charge in [-0.2, -0.15) is 0 Å². The Morgan fingerprint density at radius 1 is 1.16 bits per heavy atom. The van der Waals surface area contributed by atoms with Crippen molar-refractivity contribution in [1.82, 2.24) is 14.8 Å². The molecule has 2 amide bonds. The highest BCUT2D eigenvalue weighted by atomic mass is 32.1. The fourth-order valence-electron chi connectivity index (χ4n) is 4.30. The molecule has 0 aliphatic carbocycles. The predicted molar refractivity (Wildman–Crippen MR) is 131 cm³/mol. The van der Waals surface area contributed by atoms with Crippen LogP contribution in [0.3, 0.4) is 0 Å². The van der Waals surface area contributed by atoms with E-state index in [0.717, 1.165) is 32.5 Å². The molecule has 6 nitrogen and oxygen atoms in total. The lowest BCUT2D eigenvalue weighted by Crippen LogP contribution is -2.34. The van der Waals surface area contributed by atoms with E-state index in [4.69, 9.17) is 4.74 Å². The first-order valence-corrected chi connectivity index (χ1v) is 12.3. The van der Waals surface area contributed by atoms with Crippen LogP contribution in [-0.4, -0.2) is 35.2 Å². The van der Waals surface area contributed by atoms with Crippen molar-refractivity contribution in [1.29, 1.82) is 0 Å². The lowest BCUT2D eigenvalue weighted by atomic mass is 9.96.